The third-order valence-corrected chi connectivity index (χ3v) is 2.22. The van der Waals surface area contributed by atoms with E-state index in [2.05, 4.69) is 0 Å². The van der Waals surface area contributed by atoms with Gasteiger partial charge in [0, 0.05) is 14.2 Å². The van der Waals surface area contributed by atoms with Crippen LogP contribution in [0.4, 0.5) is 0 Å². The Labute approximate surface area is 77.2 Å². The Bertz CT molecular complexity index is 151. The molecule has 1 saturated heterocycles. The molecule has 1 aliphatic rings. The van der Waals surface area contributed by atoms with Crippen molar-refractivity contribution in [3.05, 3.63) is 0 Å². The molecule has 0 spiro atoms. The number of aliphatic hydroxyl groups excluding tert-OH is 2. The van der Waals surface area contributed by atoms with Crippen LogP contribution < -0.4 is 0 Å². The van der Waals surface area contributed by atoms with Crippen molar-refractivity contribution in [1.29, 1.82) is 0 Å². The van der Waals surface area contributed by atoms with E-state index in [1.165, 1.54) is 7.11 Å². The lowest BCUT2D eigenvalue weighted by Gasteiger charge is -2.17. The van der Waals surface area contributed by atoms with Gasteiger partial charge in [0.2, 0.25) is 0 Å². The maximum absolute atomic E-state index is 9.58. The van der Waals surface area contributed by atoms with Crippen molar-refractivity contribution in [3.8, 4) is 0 Å². The minimum atomic E-state index is -0.782. The maximum atomic E-state index is 9.58. The fourth-order valence-corrected chi connectivity index (χ4v) is 1.55. The van der Waals surface area contributed by atoms with Crippen LogP contribution in [0.15, 0.2) is 0 Å². The van der Waals surface area contributed by atoms with Crippen LogP contribution in [0.2, 0.25) is 0 Å². The molecule has 0 radical (unpaired) electrons. The molecule has 2 N–H and O–H groups in total. The molecule has 1 heterocycles. The molecule has 0 unspecified atom stereocenters. The first-order valence-electron chi connectivity index (χ1n) is 4.20. The average molecular weight is 192 g/mol. The van der Waals surface area contributed by atoms with E-state index in [-0.39, 0.29) is 12.7 Å². The normalized spacial score (nSPS) is 39.7. The van der Waals surface area contributed by atoms with Crippen LogP contribution in [0.5, 0.6) is 0 Å². The second-order valence-corrected chi connectivity index (χ2v) is 3.04. The molecule has 5 heteroatoms. The van der Waals surface area contributed by atoms with Crippen LogP contribution in [0.1, 0.15) is 0 Å². The number of aliphatic hydroxyl groups is 2. The maximum Gasteiger partial charge on any atom is 0.114 e. The summed E-state index contributed by atoms with van der Waals surface area (Å²) in [7, 11) is 3.05. The monoisotopic (exact) mass is 192 g/mol. The van der Waals surface area contributed by atoms with Gasteiger partial charge < -0.3 is 24.4 Å². The lowest BCUT2D eigenvalue weighted by molar-refractivity contribution is -0.0532. The Morgan fingerprint density at radius 1 is 1.31 bits per heavy atom. The summed E-state index contributed by atoms with van der Waals surface area (Å²) in [5.74, 6) is 0. The standard InChI is InChI=1S/C8H16O5/c1-11-4-6-8(12-2)7(10)5(3-9)13-6/h5-10H,3-4H2,1-2H3/t5-,6+,7-,8-/m1/s1. The van der Waals surface area contributed by atoms with E-state index in [1.807, 2.05) is 0 Å². The Kier molecular flexibility index (Phi) is 4.08. The molecule has 4 atom stereocenters. The van der Waals surface area contributed by atoms with E-state index in [4.69, 9.17) is 19.3 Å². The van der Waals surface area contributed by atoms with E-state index in [0.717, 1.165) is 0 Å². The van der Waals surface area contributed by atoms with Gasteiger partial charge in [-0.2, -0.15) is 0 Å². The van der Waals surface area contributed by atoms with Crippen molar-refractivity contribution in [1.82, 2.24) is 0 Å². The first-order chi connectivity index (χ1) is 6.24. The van der Waals surface area contributed by atoms with Gasteiger partial charge in [0.15, 0.2) is 0 Å². The highest BCUT2D eigenvalue weighted by Gasteiger charge is 2.43. The Morgan fingerprint density at radius 2 is 2.00 bits per heavy atom. The molecule has 0 amide bonds. The predicted octanol–water partition coefficient (Wildman–Crippen LogP) is -1.23. The van der Waals surface area contributed by atoms with Crippen molar-refractivity contribution in [2.75, 3.05) is 27.4 Å². The minimum absolute atomic E-state index is 0.207. The number of ether oxygens (including phenoxy) is 3. The molecule has 0 aromatic rings. The average Bonchev–Trinajstić information content (AvgIpc) is 2.43. The zero-order valence-electron chi connectivity index (χ0n) is 7.84. The highest BCUT2D eigenvalue weighted by Crippen LogP contribution is 2.23. The predicted molar refractivity (Wildman–Crippen MR) is 44.4 cm³/mol. The number of rotatable bonds is 4. The van der Waals surface area contributed by atoms with Gasteiger partial charge in [-0.3, -0.25) is 0 Å². The molecule has 1 fully saturated rings. The van der Waals surface area contributed by atoms with Crippen LogP contribution in [-0.4, -0.2) is 62.1 Å². The molecule has 0 aromatic carbocycles. The minimum Gasteiger partial charge on any atom is -0.394 e. The lowest BCUT2D eigenvalue weighted by Crippen LogP contribution is -2.36. The van der Waals surface area contributed by atoms with Gasteiger partial charge in [-0.1, -0.05) is 0 Å². The number of hydrogen-bond acceptors (Lipinski definition) is 5. The molecule has 13 heavy (non-hydrogen) atoms. The van der Waals surface area contributed by atoms with E-state index in [0.29, 0.717) is 6.61 Å². The Hall–Kier alpha value is -0.200. The highest BCUT2D eigenvalue weighted by molar-refractivity contribution is 4.91. The fourth-order valence-electron chi connectivity index (χ4n) is 1.55. The molecule has 0 saturated carbocycles. The zero-order chi connectivity index (χ0) is 9.84. The molecule has 5 nitrogen and oxygen atoms in total. The van der Waals surface area contributed by atoms with Crippen molar-refractivity contribution < 1.29 is 24.4 Å². The third kappa shape index (κ3) is 2.18. The van der Waals surface area contributed by atoms with E-state index < -0.39 is 18.3 Å². The largest absolute Gasteiger partial charge is 0.394 e. The molecule has 0 aliphatic carbocycles. The topological polar surface area (TPSA) is 68.2 Å². The van der Waals surface area contributed by atoms with E-state index in [1.54, 1.807) is 7.11 Å². The van der Waals surface area contributed by atoms with Crippen LogP contribution in [0.25, 0.3) is 0 Å². The van der Waals surface area contributed by atoms with E-state index in [9.17, 15) is 5.11 Å². The van der Waals surface area contributed by atoms with Crippen molar-refractivity contribution in [2.24, 2.45) is 0 Å². The van der Waals surface area contributed by atoms with Gasteiger partial charge in [0.05, 0.1) is 13.2 Å². The van der Waals surface area contributed by atoms with Crippen LogP contribution >= 0.6 is 0 Å². The quantitative estimate of drug-likeness (QED) is 0.583. The molecule has 0 aromatic heterocycles. The lowest BCUT2D eigenvalue weighted by atomic mass is 10.1. The van der Waals surface area contributed by atoms with Gasteiger partial charge in [-0.05, 0) is 0 Å². The summed E-state index contributed by atoms with van der Waals surface area (Å²) in [5, 5.41) is 18.4. The van der Waals surface area contributed by atoms with Gasteiger partial charge in [0.1, 0.15) is 24.4 Å². The Morgan fingerprint density at radius 3 is 2.46 bits per heavy atom. The van der Waals surface area contributed by atoms with Crippen LogP contribution in [0, 0.1) is 0 Å². The fraction of sp³-hybridized carbons (Fsp3) is 1.00. The molecular formula is C8H16O5. The first kappa shape index (κ1) is 10.9. The second-order valence-electron chi connectivity index (χ2n) is 3.04. The summed E-state index contributed by atoms with van der Waals surface area (Å²) >= 11 is 0. The van der Waals surface area contributed by atoms with Gasteiger partial charge in [0.25, 0.3) is 0 Å². The molecule has 78 valence electrons. The zero-order valence-corrected chi connectivity index (χ0v) is 7.84. The van der Waals surface area contributed by atoms with E-state index >= 15 is 0 Å². The molecule has 0 bridgehead atoms. The Balaban J connectivity index is 2.55. The van der Waals surface area contributed by atoms with Gasteiger partial charge >= 0.3 is 0 Å². The molecular weight excluding hydrogens is 176 g/mol. The van der Waals surface area contributed by atoms with Crippen LogP contribution in [0.3, 0.4) is 0 Å². The number of hydrogen-bond donors (Lipinski definition) is 2. The summed E-state index contributed by atoms with van der Waals surface area (Å²) in [6, 6.07) is 0. The smallest absolute Gasteiger partial charge is 0.114 e. The summed E-state index contributed by atoms with van der Waals surface area (Å²) in [6.07, 6.45) is -2.07. The molecule has 1 aliphatic heterocycles. The van der Waals surface area contributed by atoms with Gasteiger partial charge in [-0.25, -0.2) is 0 Å². The number of methoxy groups -OCH3 is 2. The van der Waals surface area contributed by atoms with Gasteiger partial charge in [-0.15, -0.1) is 0 Å². The van der Waals surface area contributed by atoms with Crippen molar-refractivity contribution in [3.63, 3.8) is 0 Å². The van der Waals surface area contributed by atoms with Crippen molar-refractivity contribution >= 4 is 0 Å². The summed E-state index contributed by atoms with van der Waals surface area (Å²) < 4.78 is 15.3. The summed E-state index contributed by atoms with van der Waals surface area (Å²) in [6.45, 7) is 0.146. The SMILES string of the molecule is COC[C@@H]1O[C@H](CO)[C@@H](O)[C@@H]1OC. The van der Waals surface area contributed by atoms with Crippen LogP contribution in [-0.2, 0) is 14.2 Å². The second kappa shape index (κ2) is 4.88. The first-order valence-corrected chi connectivity index (χ1v) is 4.20. The highest BCUT2D eigenvalue weighted by atomic mass is 16.6. The third-order valence-electron chi connectivity index (χ3n) is 2.22. The molecule has 1 rings (SSSR count). The van der Waals surface area contributed by atoms with Crippen molar-refractivity contribution in [2.45, 2.75) is 24.4 Å². The summed E-state index contributed by atoms with van der Waals surface area (Å²) in [4.78, 5) is 0. The summed E-state index contributed by atoms with van der Waals surface area (Å²) in [5.41, 5.74) is 0.